The number of pyridine rings is 1. The van der Waals surface area contributed by atoms with Crippen LogP contribution in [0.2, 0.25) is 0 Å². The van der Waals surface area contributed by atoms with E-state index in [2.05, 4.69) is 50.9 Å². The molecule has 0 atom stereocenters. The zero-order valence-corrected chi connectivity index (χ0v) is 20.5. The fourth-order valence-corrected chi connectivity index (χ4v) is 3.82. The Morgan fingerprint density at radius 1 is 1.22 bits per heavy atom. The lowest BCUT2D eigenvalue weighted by atomic mass is 9.72. The number of likely N-dealkylation sites (N-methyl/N-ethyl adjacent to an activating group) is 1. The van der Waals surface area contributed by atoms with Crippen molar-refractivity contribution in [1.82, 2.24) is 9.88 Å². The zero-order valence-electron chi connectivity index (χ0n) is 20.5. The summed E-state index contributed by atoms with van der Waals surface area (Å²) in [6.45, 7) is 11.9. The van der Waals surface area contributed by atoms with Crippen molar-refractivity contribution < 1.29 is 9.53 Å². The number of nitrogens with zero attached hydrogens (tertiary/aromatic N) is 2. The van der Waals surface area contributed by atoms with Crippen LogP contribution in [-0.4, -0.2) is 36.0 Å². The number of hydrogen-bond acceptors (Lipinski definition) is 3. The first kappa shape index (κ1) is 25.4. The zero-order chi connectivity index (χ0) is 23.6. The van der Waals surface area contributed by atoms with Gasteiger partial charge in [-0.05, 0) is 62.7 Å². The highest BCUT2D eigenvalue weighted by Crippen LogP contribution is 2.40. The lowest BCUT2D eigenvalue weighted by molar-refractivity contribution is -0.125. The minimum absolute atomic E-state index is 0.0423. The van der Waals surface area contributed by atoms with Gasteiger partial charge in [0.2, 0.25) is 11.8 Å². The fourth-order valence-electron chi connectivity index (χ4n) is 3.82. The Hall–Kier alpha value is -2.88. The van der Waals surface area contributed by atoms with Gasteiger partial charge in [0.1, 0.15) is 6.61 Å². The molecule has 1 aromatic heterocycles. The number of aromatic nitrogens is 1. The third-order valence-electron chi connectivity index (χ3n) is 5.82. The highest BCUT2D eigenvalue weighted by molar-refractivity contribution is 5.88. The van der Waals surface area contributed by atoms with E-state index in [0.717, 1.165) is 5.57 Å². The minimum atomic E-state index is -0.0423. The molecule has 0 bridgehead atoms. The largest absolute Gasteiger partial charge is 0.476 e. The molecule has 0 aromatic carbocycles. The first-order chi connectivity index (χ1) is 15.2. The minimum Gasteiger partial charge on any atom is -0.476 e. The number of carbonyl (C=O) groups is 1. The van der Waals surface area contributed by atoms with E-state index in [-0.39, 0.29) is 11.3 Å². The lowest BCUT2D eigenvalue weighted by Crippen LogP contribution is -2.29. The van der Waals surface area contributed by atoms with Crippen molar-refractivity contribution in [3.05, 3.63) is 83.1 Å². The van der Waals surface area contributed by atoms with Crippen molar-refractivity contribution in [3.63, 3.8) is 0 Å². The summed E-state index contributed by atoms with van der Waals surface area (Å²) < 4.78 is 5.55. The number of hydrogen-bond donors (Lipinski definition) is 0. The third kappa shape index (κ3) is 8.33. The van der Waals surface area contributed by atoms with Crippen molar-refractivity contribution in [3.8, 4) is 5.88 Å². The molecule has 0 spiro atoms. The van der Waals surface area contributed by atoms with Crippen molar-refractivity contribution in [2.24, 2.45) is 5.41 Å². The summed E-state index contributed by atoms with van der Waals surface area (Å²) in [5.41, 5.74) is 5.33. The predicted molar refractivity (Wildman–Crippen MR) is 133 cm³/mol. The molecule has 1 aromatic rings. The number of carbonyl (C=O) groups excluding carboxylic acids is 1. The predicted octanol–water partition coefficient (Wildman–Crippen LogP) is 6.45. The second-order valence-electron chi connectivity index (χ2n) is 9.20. The number of ether oxygens (including phenoxy) is 1. The Morgan fingerprint density at radius 3 is 2.69 bits per heavy atom. The van der Waals surface area contributed by atoms with Crippen LogP contribution in [0.3, 0.4) is 0 Å². The summed E-state index contributed by atoms with van der Waals surface area (Å²) in [7, 11) is 1.77. The molecule has 0 saturated heterocycles. The second-order valence-corrected chi connectivity index (χ2v) is 9.20. The lowest BCUT2D eigenvalue weighted by Gasteiger charge is -2.32. The van der Waals surface area contributed by atoms with Gasteiger partial charge >= 0.3 is 0 Å². The standard InChI is InChI=1S/C28H38N2O2/c1-22(15-16-25-24(3)13-10-17-28(25,4)5)11-9-12-23(2)21-27(31)30(6)19-20-32-26-14-7-8-18-29-26/h7-9,11-12,14-16,18,21H,10,13,17,19-20H2,1-6H3/b12-9+,16-15+,22-11+,23-21+. The average molecular weight is 435 g/mol. The summed E-state index contributed by atoms with van der Waals surface area (Å²) >= 11 is 0. The molecule has 0 fully saturated rings. The maximum Gasteiger partial charge on any atom is 0.246 e. The maximum absolute atomic E-state index is 12.4. The van der Waals surface area contributed by atoms with Gasteiger partial charge in [-0.1, -0.05) is 61.4 Å². The van der Waals surface area contributed by atoms with Gasteiger partial charge in [-0.2, -0.15) is 0 Å². The number of allylic oxidation sites excluding steroid dienone is 9. The van der Waals surface area contributed by atoms with E-state index < -0.39 is 0 Å². The normalized spacial score (nSPS) is 17.3. The Labute approximate surface area is 194 Å². The molecule has 172 valence electrons. The van der Waals surface area contributed by atoms with Crippen LogP contribution >= 0.6 is 0 Å². The van der Waals surface area contributed by atoms with Gasteiger partial charge in [0.15, 0.2) is 0 Å². The SMILES string of the molecule is CC1=C(/C=C/C(C)=C/C=C/C(C)=C/C(=O)N(C)CCOc2ccccn2)C(C)(C)CCC1. The van der Waals surface area contributed by atoms with Gasteiger partial charge in [-0.3, -0.25) is 4.79 Å². The van der Waals surface area contributed by atoms with Crippen molar-refractivity contribution in [2.75, 3.05) is 20.2 Å². The molecule has 32 heavy (non-hydrogen) atoms. The molecule has 0 saturated carbocycles. The first-order valence-electron chi connectivity index (χ1n) is 11.4. The quantitative estimate of drug-likeness (QED) is 0.331. The van der Waals surface area contributed by atoms with Crippen LogP contribution < -0.4 is 4.74 Å². The number of rotatable bonds is 9. The van der Waals surface area contributed by atoms with Crippen LogP contribution in [-0.2, 0) is 4.79 Å². The van der Waals surface area contributed by atoms with Crippen LogP contribution in [0.4, 0.5) is 0 Å². The topological polar surface area (TPSA) is 42.4 Å². The highest BCUT2D eigenvalue weighted by Gasteiger charge is 2.26. The summed E-state index contributed by atoms with van der Waals surface area (Å²) in [6.07, 6.45) is 17.6. The van der Waals surface area contributed by atoms with E-state index in [4.69, 9.17) is 4.74 Å². The van der Waals surface area contributed by atoms with Crippen molar-refractivity contribution in [1.29, 1.82) is 0 Å². The Kier molecular flexibility index (Phi) is 9.70. The van der Waals surface area contributed by atoms with E-state index in [1.165, 1.54) is 36.0 Å². The summed E-state index contributed by atoms with van der Waals surface area (Å²) in [5.74, 6) is 0.525. The van der Waals surface area contributed by atoms with Crippen LogP contribution in [0.5, 0.6) is 5.88 Å². The Balaban J connectivity index is 1.85. The molecule has 0 unspecified atom stereocenters. The molecule has 0 N–H and O–H groups in total. The Bertz CT molecular complexity index is 918. The van der Waals surface area contributed by atoms with Gasteiger partial charge in [0, 0.05) is 25.4 Å². The molecule has 4 heteroatoms. The van der Waals surface area contributed by atoms with Crippen molar-refractivity contribution >= 4 is 5.91 Å². The number of amides is 1. The van der Waals surface area contributed by atoms with Gasteiger partial charge in [0.25, 0.3) is 0 Å². The summed E-state index contributed by atoms with van der Waals surface area (Å²) in [6, 6.07) is 5.51. The molecule has 1 amide bonds. The molecule has 4 nitrogen and oxygen atoms in total. The molecule has 1 aliphatic carbocycles. The monoisotopic (exact) mass is 434 g/mol. The van der Waals surface area contributed by atoms with Gasteiger partial charge in [-0.15, -0.1) is 0 Å². The molecule has 1 heterocycles. The van der Waals surface area contributed by atoms with Crippen LogP contribution in [0.15, 0.2) is 83.1 Å². The second kappa shape index (κ2) is 12.2. The average Bonchev–Trinajstić information content (AvgIpc) is 2.73. The van der Waals surface area contributed by atoms with E-state index in [1.54, 1.807) is 30.3 Å². The van der Waals surface area contributed by atoms with E-state index >= 15 is 0 Å². The molecular weight excluding hydrogens is 396 g/mol. The van der Waals surface area contributed by atoms with Crippen LogP contribution in [0.1, 0.15) is 53.9 Å². The summed E-state index contributed by atoms with van der Waals surface area (Å²) in [5, 5.41) is 0. The van der Waals surface area contributed by atoms with E-state index in [1.807, 2.05) is 31.2 Å². The first-order valence-corrected chi connectivity index (χ1v) is 11.4. The highest BCUT2D eigenvalue weighted by atomic mass is 16.5. The van der Waals surface area contributed by atoms with Gasteiger partial charge in [-0.25, -0.2) is 4.98 Å². The van der Waals surface area contributed by atoms with Gasteiger partial charge in [0.05, 0.1) is 6.54 Å². The van der Waals surface area contributed by atoms with E-state index in [0.29, 0.717) is 19.0 Å². The van der Waals surface area contributed by atoms with Crippen LogP contribution in [0.25, 0.3) is 0 Å². The smallest absolute Gasteiger partial charge is 0.246 e. The molecule has 2 rings (SSSR count). The molecule has 0 aliphatic heterocycles. The van der Waals surface area contributed by atoms with Crippen LogP contribution in [0, 0.1) is 5.41 Å². The van der Waals surface area contributed by atoms with Gasteiger partial charge < -0.3 is 9.64 Å². The Morgan fingerprint density at radius 2 is 2.00 bits per heavy atom. The summed E-state index contributed by atoms with van der Waals surface area (Å²) in [4.78, 5) is 18.1. The molecule has 0 radical (unpaired) electrons. The maximum atomic E-state index is 12.4. The third-order valence-corrected chi connectivity index (χ3v) is 5.82. The van der Waals surface area contributed by atoms with Crippen molar-refractivity contribution in [2.45, 2.75) is 53.9 Å². The molecular formula is C28H38N2O2. The molecule has 1 aliphatic rings. The van der Waals surface area contributed by atoms with E-state index in [9.17, 15) is 4.79 Å². The fraction of sp³-hybridized carbons (Fsp3) is 0.429.